The van der Waals surface area contributed by atoms with E-state index in [9.17, 15) is 0 Å². The second-order valence-electron chi connectivity index (χ2n) is 3.97. The van der Waals surface area contributed by atoms with Crippen molar-refractivity contribution in [3.05, 3.63) is 0 Å². The molecule has 2 aliphatic carbocycles. The molecule has 0 saturated heterocycles. The minimum absolute atomic E-state index is 0.331. The van der Waals surface area contributed by atoms with Crippen molar-refractivity contribution in [3.8, 4) is 0 Å². The summed E-state index contributed by atoms with van der Waals surface area (Å²) >= 11 is 12.0. The Balaban J connectivity index is 1.86. The number of alkyl halides is 2. The van der Waals surface area contributed by atoms with Crippen LogP contribution in [-0.4, -0.2) is 4.33 Å². The molecule has 0 aromatic rings. The van der Waals surface area contributed by atoms with Crippen LogP contribution in [0, 0.1) is 11.8 Å². The molecule has 0 aromatic carbocycles. The summed E-state index contributed by atoms with van der Waals surface area (Å²) in [5.41, 5.74) is 0. The lowest BCUT2D eigenvalue weighted by molar-refractivity contribution is 0.321. The highest BCUT2D eigenvalue weighted by Gasteiger charge is 2.54. The van der Waals surface area contributed by atoms with Crippen molar-refractivity contribution in [2.45, 2.75) is 42.9 Å². The van der Waals surface area contributed by atoms with Crippen LogP contribution in [0.1, 0.15) is 38.5 Å². The molecule has 2 saturated carbocycles. The summed E-state index contributed by atoms with van der Waals surface area (Å²) in [6.07, 6.45) is 7.98. The second kappa shape index (κ2) is 2.81. The van der Waals surface area contributed by atoms with Gasteiger partial charge in [0.15, 0.2) is 0 Å². The third-order valence-corrected chi connectivity index (χ3v) is 3.96. The van der Waals surface area contributed by atoms with Crippen LogP contribution in [0.3, 0.4) is 0 Å². The molecule has 1 atom stereocenters. The van der Waals surface area contributed by atoms with Gasteiger partial charge in [-0.25, -0.2) is 0 Å². The van der Waals surface area contributed by atoms with Gasteiger partial charge in [-0.2, -0.15) is 0 Å². The minimum Gasteiger partial charge on any atom is -0.101 e. The van der Waals surface area contributed by atoms with Crippen LogP contribution in [0.4, 0.5) is 0 Å². The Morgan fingerprint density at radius 2 is 1.55 bits per heavy atom. The van der Waals surface area contributed by atoms with Crippen molar-refractivity contribution in [2.75, 3.05) is 0 Å². The molecule has 2 fully saturated rings. The molecule has 0 nitrogen and oxygen atoms in total. The predicted molar refractivity (Wildman–Crippen MR) is 49.1 cm³/mol. The van der Waals surface area contributed by atoms with Crippen molar-refractivity contribution >= 4 is 23.2 Å². The Labute approximate surface area is 78.3 Å². The first-order chi connectivity index (χ1) is 5.20. The van der Waals surface area contributed by atoms with Gasteiger partial charge >= 0.3 is 0 Å². The Hall–Kier alpha value is 0.580. The molecule has 0 aliphatic heterocycles. The Morgan fingerprint density at radius 3 is 2.00 bits per heavy atom. The average Bonchev–Trinajstić information content (AvgIpc) is 2.62. The van der Waals surface area contributed by atoms with Crippen LogP contribution in [-0.2, 0) is 0 Å². The van der Waals surface area contributed by atoms with Gasteiger partial charge in [-0.3, -0.25) is 0 Å². The SMILES string of the molecule is ClC1(Cl)CC1C1CCCCC1. The zero-order valence-corrected chi connectivity index (χ0v) is 8.17. The summed E-state index contributed by atoms with van der Waals surface area (Å²) in [5.74, 6) is 1.48. The first-order valence-corrected chi connectivity index (χ1v) is 5.33. The Morgan fingerprint density at radius 1 is 1.00 bits per heavy atom. The third kappa shape index (κ3) is 1.67. The highest BCUT2D eigenvalue weighted by molar-refractivity contribution is 6.50. The van der Waals surface area contributed by atoms with Gasteiger partial charge in [-0.05, 0) is 18.3 Å². The molecule has 11 heavy (non-hydrogen) atoms. The highest BCUT2D eigenvalue weighted by atomic mass is 35.5. The van der Waals surface area contributed by atoms with Crippen molar-refractivity contribution in [3.63, 3.8) is 0 Å². The molecule has 0 spiro atoms. The summed E-state index contributed by atoms with van der Waals surface area (Å²) in [5, 5.41) is 0. The first-order valence-electron chi connectivity index (χ1n) is 4.58. The molecule has 0 heterocycles. The van der Waals surface area contributed by atoms with E-state index in [4.69, 9.17) is 23.2 Å². The van der Waals surface area contributed by atoms with Crippen molar-refractivity contribution < 1.29 is 0 Å². The Bertz CT molecular complexity index is 148. The van der Waals surface area contributed by atoms with E-state index >= 15 is 0 Å². The highest BCUT2D eigenvalue weighted by Crippen LogP contribution is 2.59. The Kier molecular flexibility index (Phi) is 2.09. The van der Waals surface area contributed by atoms with Gasteiger partial charge in [0.2, 0.25) is 0 Å². The maximum atomic E-state index is 6.01. The van der Waals surface area contributed by atoms with Crippen molar-refractivity contribution in [1.82, 2.24) is 0 Å². The first kappa shape index (κ1) is 8.19. The molecule has 0 N–H and O–H groups in total. The van der Waals surface area contributed by atoms with Crippen molar-refractivity contribution in [2.24, 2.45) is 11.8 Å². The minimum atomic E-state index is -0.331. The van der Waals surface area contributed by atoms with E-state index in [2.05, 4.69) is 0 Å². The molecule has 0 amide bonds. The van der Waals surface area contributed by atoms with Crippen LogP contribution in [0.25, 0.3) is 0 Å². The maximum Gasteiger partial charge on any atom is 0.121 e. The monoisotopic (exact) mass is 192 g/mol. The molecule has 64 valence electrons. The third-order valence-electron chi connectivity index (χ3n) is 3.09. The fourth-order valence-corrected chi connectivity index (χ4v) is 2.97. The van der Waals surface area contributed by atoms with E-state index in [1.54, 1.807) is 0 Å². The van der Waals surface area contributed by atoms with E-state index in [0.29, 0.717) is 5.92 Å². The molecular formula is C9H14Cl2. The van der Waals surface area contributed by atoms with E-state index < -0.39 is 0 Å². The molecule has 2 rings (SSSR count). The molecule has 1 unspecified atom stereocenters. The zero-order valence-electron chi connectivity index (χ0n) is 6.65. The summed E-state index contributed by atoms with van der Waals surface area (Å²) in [4.78, 5) is 0. The molecule has 0 aromatic heterocycles. The van der Waals surface area contributed by atoms with Crippen LogP contribution in [0.15, 0.2) is 0 Å². The van der Waals surface area contributed by atoms with E-state index in [1.165, 1.54) is 32.1 Å². The maximum absolute atomic E-state index is 6.01. The van der Waals surface area contributed by atoms with Crippen LogP contribution < -0.4 is 0 Å². The van der Waals surface area contributed by atoms with Crippen LogP contribution in [0.5, 0.6) is 0 Å². The van der Waals surface area contributed by atoms with Gasteiger partial charge in [0.1, 0.15) is 4.33 Å². The van der Waals surface area contributed by atoms with Gasteiger partial charge in [0, 0.05) is 0 Å². The van der Waals surface area contributed by atoms with Gasteiger partial charge < -0.3 is 0 Å². The normalized spacial score (nSPS) is 37.1. The van der Waals surface area contributed by atoms with Crippen LogP contribution in [0.2, 0.25) is 0 Å². The van der Waals surface area contributed by atoms with E-state index in [0.717, 1.165) is 12.3 Å². The fraction of sp³-hybridized carbons (Fsp3) is 1.00. The molecule has 0 bridgehead atoms. The standard InChI is InChI=1S/C9H14Cl2/c10-9(11)6-8(9)7-4-2-1-3-5-7/h7-8H,1-6H2. The molecular weight excluding hydrogens is 179 g/mol. The van der Waals surface area contributed by atoms with Gasteiger partial charge in [0.05, 0.1) is 0 Å². The molecule has 0 radical (unpaired) electrons. The summed E-state index contributed by atoms with van der Waals surface area (Å²) in [7, 11) is 0. The zero-order chi connectivity index (χ0) is 7.90. The molecule has 2 aliphatic rings. The van der Waals surface area contributed by atoms with Gasteiger partial charge in [0.25, 0.3) is 0 Å². The second-order valence-corrected chi connectivity index (χ2v) is 5.51. The topological polar surface area (TPSA) is 0 Å². The van der Waals surface area contributed by atoms with E-state index in [-0.39, 0.29) is 4.33 Å². The van der Waals surface area contributed by atoms with Gasteiger partial charge in [-0.15, -0.1) is 23.2 Å². The lowest BCUT2D eigenvalue weighted by Crippen LogP contribution is -2.11. The largest absolute Gasteiger partial charge is 0.121 e. The summed E-state index contributed by atoms with van der Waals surface area (Å²) in [6, 6.07) is 0. The lowest BCUT2D eigenvalue weighted by atomic mass is 9.86. The quantitative estimate of drug-likeness (QED) is 0.556. The number of halogens is 2. The van der Waals surface area contributed by atoms with Crippen molar-refractivity contribution in [1.29, 1.82) is 0 Å². The molecule has 2 heteroatoms. The average molecular weight is 193 g/mol. The number of hydrogen-bond donors (Lipinski definition) is 0. The van der Waals surface area contributed by atoms with Crippen LogP contribution >= 0.6 is 23.2 Å². The summed E-state index contributed by atoms with van der Waals surface area (Å²) < 4.78 is -0.331. The number of hydrogen-bond acceptors (Lipinski definition) is 0. The predicted octanol–water partition coefficient (Wildman–Crippen LogP) is 3.76. The van der Waals surface area contributed by atoms with Gasteiger partial charge in [-0.1, -0.05) is 32.1 Å². The van der Waals surface area contributed by atoms with E-state index in [1.807, 2.05) is 0 Å². The number of rotatable bonds is 1. The lowest BCUT2D eigenvalue weighted by Gasteiger charge is -2.21. The summed E-state index contributed by atoms with van der Waals surface area (Å²) in [6.45, 7) is 0. The smallest absolute Gasteiger partial charge is 0.101 e. The fourth-order valence-electron chi connectivity index (χ4n) is 2.28.